The highest BCUT2D eigenvalue weighted by molar-refractivity contribution is 5.14. The number of hydrogen-bond donors (Lipinski definition) is 0. The molecule has 1 aromatic carbocycles. The number of hydrogen-bond acceptors (Lipinski definition) is 3. The summed E-state index contributed by atoms with van der Waals surface area (Å²) >= 11 is 0. The van der Waals surface area contributed by atoms with Crippen LogP contribution in [0.2, 0.25) is 0 Å². The van der Waals surface area contributed by atoms with E-state index in [-0.39, 0.29) is 0 Å². The van der Waals surface area contributed by atoms with Crippen molar-refractivity contribution in [2.75, 3.05) is 40.0 Å². The Morgan fingerprint density at radius 2 is 2.10 bits per heavy atom. The molecule has 3 nitrogen and oxygen atoms in total. The van der Waals surface area contributed by atoms with Gasteiger partial charge in [0.1, 0.15) is 0 Å². The van der Waals surface area contributed by atoms with E-state index in [4.69, 9.17) is 9.47 Å². The smallest absolute Gasteiger partial charge is 0.0724 e. The third kappa shape index (κ3) is 5.61. The average molecular weight is 277 g/mol. The molecule has 0 aliphatic carbocycles. The lowest BCUT2D eigenvalue weighted by Gasteiger charge is -2.32. The van der Waals surface area contributed by atoms with E-state index in [1.54, 1.807) is 7.11 Å². The van der Waals surface area contributed by atoms with Gasteiger partial charge in [0, 0.05) is 26.8 Å². The molecule has 0 amide bonds. The van der Waals surface area contributed by atoms with Crippen LogP contribution in [0.15, 0.2) is 30.3 Å². The molecule has 0 spiro atoms. The SMILES string of the molecule is COCC[C@H]1CN(CCCCc2ccccc2)CCO1. The summed E-state index contributed by atoms with van der Waals surface area (Å²) < 4.78 is 10.9. The third-order valence-electron chi connectivity index (χ3n) is 3.90. The van der Waals surface area contributed by atoms with Crippen molar-refractivity contribution in [2.24, 2.45) is 0 Å². The van der Waals surface area contributed by atoms with Gasteiger partial charge < -0.3 is 9.47 Å². The number of nitrogens with zero attached hydrogens (tertiary/aromatic N) is 1. The summed E-state index contributed by atoms with van der Waals surface area (Å²) in [4.78, 5) is 2.54. The van der Waals surface area contributed by atoms with Crippen LogP contribution in [0.25, 0.3) is 0 Å². The molecule has 0 aromatic heterocycles. The van der Waals surface area contributed by atoms with Crippen LogP contribution in [-0.2, 0) is 15.9 Å². The minimum absolute atomic E-state index is 0.359. The quantitative estimate of drug-likeness (QED) is 0.682. The van der Waals surface area contributed by atoms with Crippen molar-refractivity contribution in [1.82, 2.24) is 4.90 Å². The zero-order valence-corrected chi connectivity index (χ0v) is 12.6. The number of benzene rings is 1. The first-order valence-corrected chi connectivity index (χ1v) is 7.75. The number of aryl methyl sites for hydroxylation is 1. The molecule has 1 aliphatic heterocycles. The highest BCUT2D eigenvalue weighted by Crippen LogP contribution is 2.11. The van der Waals surface area contributed by atoms with Gasteiger partial charge in [-0.3, -0.25) is 4.90 Å². The summed E-state index contributed by atoms with van der Waals surface area (Å²) in [5.74, 6) is 0. The van der Waals surface area contributed by atoms with E-state index < -0.39 is 0 Å². The zero-order valence-electron chi connectivity index (χ0n) is 12.6. The number of unbranched alkanes of at least 4 members (excludes halogenated alkanes) is 1. The van der Waals surface area contributed by atoms with E-state index in [1.165, 1.54) is 31.4 Å². The van der Waals surface area contributed by atoms with Crippen LogP contribution in [0.5, 0.6) is 0 Å². The molecular formula is C17H27NO2. The summed E-state index contributed by atoms with van der Waals surface area (Å²) in [6.07, 6.45) is 5.10. The molecule has 1 fully saturated rings. The number of ether oxygens (including phenoxy) is 2. The van der Waals surface area contributed by atoms with E-state index in [0.29, 0.717) is 6.10 Å². The van der Waals surface area contributed by atoms with E-state index in [2.05, 4.69) is 35.2 Å². The second-order valence-corrected chi connectivity index (χ2v) is 5.52. The van der Waals surface area contributed by atoms with Crippen molar-refractivity contribution >= 4 is 0 Å². The predicted octanol–water partition coefficient (Wildman–Crippen LogP) is 2.75. The van der Waals surface area contributed by atoms with Crippen molar-refractivity contribution in [3.8, 4) is 0 Å². The first-order valence-electron chi connectivity index (χ1n) is 7.75. The molecule has 1 atom stereocenters. The fourth-order valence-corrected chi connectivity index (χ4v) is 2.72. The molecule has 2 rings (SSSR count). The fourth-order valence-electron chi connectivity index (χ4n) is 2.72. The molecule has 3 heteroatoms. The lowest BCUT2D eigenvalue weighted by molar-refractivity contribution is -0.0409. The fraction of sp³-hybridized carbons (Fsp3) is 0.647. The van der Waals surface area contributed by atoms with Gasteiger partial charge in [-0.1, -0.05) is 30.3 Å². The highest BCUT2D eigenvalue weighted by Gasteiger charge is 2.19. The van der Waals surface area contributed by atoms with Gasteiger partial charge in [0.25, 0.3) is 0 Å². The molecule has 0 unspecified atom stereocenters. The molecular weight excluding hydrogens is 250 g/mol. The molecule has 1 heterocycles. The van der Waals surface area contributed by atoms with Crippen molar-refractivity contribution in [1.29, 1.82) is 0 Å². The van der Waals surface area contributed by atoms with Crippen LogP contribution in [0.3, 0.4) is 0 Å². The first kappa shape index (κ1) is 15.5. The highest BCUT2D eigenvalue weighted by atomic mass is 16.5. The largest absolute Gasteiger partial charge is 0.385 e. The van der Waals surface area contributed by atoms with E-state index in [1.807, 2.05) is 0 Å². The zero-order chi connectivity index (χ0) is 14.0. The molecule has 0 N–H and O–H groups in total. The maximum atomic E-state index is 5.76. The summed E-state index contributed by atoms with van der Waals surface area (Å²) in [6.45, 7) is 5.00. The molecule has 20 heavy (non-hydrogen) atoms. The Balaban J connectivity index is 1.59. The Hall–Kier alpha value is -0.900. The van der Waals surface area contributed by atoms with Gasteiger partial charge in [-0.05, 0) is 37.8 Å². The number of morpholine rings is 1. The molecule has 1 saturated heterocycles. The van der Waals surface area contributed by atoms with Gasteiger partial charge in [0.2, 0.25) is 0 Å². The molecule has 0 bridgehead atoms. The summed E-state index contributed by atoms with van der Waals surface area (Å²) in [6, 6.07) is 10.8. The van der Waals surface area contributed by atoms with Crippen molar-refractivity contribution < 1.29 is 9.47 Å². The minimum atomic E-state index is 0.359. The monoisotopic (exact) mass is 277 g/mol. The van der Waals surface area contributed by atoms with E-state index in [0.717, 1.165) is 32.7 Å². The lowest BCUT2D eigenvalue weighted by Crippen LogP contribution is -2.43. The Kier molecular flexibility index (Phi) is 7.06. The summed E-state index contributed by atoms with van der Waals surface area (Å²) in [7, 11) is 1.75. The van der Waals surface area contributed by atoms with Crippen molar-refractivity contribution in [2.45, 2.75) is 31.8 Å². The summed E-state index contributed by atoms with van der Waals surface area (Å²) in [5, 5.41) is 0. The van der Waals surface area contributed by atoms with Crippen LogP contribution >= 0.6 is 0 Å². The Morgan fingerprint density at radius 3 is 2.90 bits per heavy atom. The molecule has 1 aromatic rings. The van der Waals surface area contributed by atoms with Gasteiger partial charge in [0.05, 0.1) is 12.7 Å². The third-order valence-corrected chi connectivity index (χ3v) is 3.90. The van der Waals surface area contributed by atoms with Crippen LogP contribution in [-0.4, -0.2) is 51.0 Å². The van der Waals surface area contributed by atoms with Crippen molar-refractivity contribution in [3.63, 3.8) is 0 Å². The minimum Gasteiger partial charge on any atom is -0.385 e. The normalized spacial score (nSPS) is 20.1. The van der Waals surface area contributed by atoms with Gasteiger partial charge in [-0.2, -0.15) is 0 Å². The molecule has 1 aliphatic rings. The van der Waals surface area contributed by atoms with Crippen LogP contribution in [0, 0.1) is 0 Å². The Labute approximate surface area is 122 Å². The topological polar surface area (TPSA) is 21.7 Å². The maximum absolute atomic E-state index is 5.76. The lowest BCUT2D eigenvalue weighted by atomic mass is 10.1. The van der Waals surface area contributed by atoms with Crippen LogP contribution < -0.4 is 0 Å². The first-order chi connectivity index (χ1) is 9.88. The van der Waals surface area contributed by atoms with Crippen LogP contribution in [0.1, 0.15) is 24.8 Å². The second kappa shape index (κ2) is 9.11. The Morgan fingerprint density at radius 1 is 1.25 bits per heavy atom. The van der Waals surface area contributed by atoms with Gasteiger partial charge in [-0.15, -0.1) is 0 Å². The molecule has 0 saturated carbocycles. The van der Waals surface area contributed by atoms with Gasteiger partial charge >= 0.3 is 0 Å². The molecule has 0 radical (unpaired) electrons. The average Bonchev–Trinajstić information content (AvgIpc) is 2.51. The summed E-state index contributed by atoms with van der Waals surface area (Å²) in [5.41, 5.74) is 1.45. The predicted molar refractivity (Wildman–Crippen MR) is 82.1 cm³/mol. The number of methoxy groups -OCH3 is 1. The van der Waals surface area contributed by atoms with Crippen LogP contribution in [0.4, 0.5) is 0 Å². The van der Waals surface area contributed by atoms with Crippen molar-refractivity contribution in [3.05, 3.63) is 35.9 Å². The van der Waals surface area contributed by atoms with Gasteiger partial charge in [0.15, 0.2) is 0 Å². The number of rotatable bonds is 8. The Bertz CT molecular complexity index is 355. The standard InChI is InChI=1S/C17H27NO2/c1-19-13-10-17-15-18(12-14-20-17)11-6-5-9-16-7-3-2-4-8-16/h2-4,7-8,17H,5-6,9-15H2,1H3/t17-/m0/s1. The van der Waals surface area contributed by atoms with E-state index in [9.17, 15) is 0 Å². The van der Waals surface area contributed by atoms with Gasteiger partial charge in [-0.25, -0.2) is 0 Å². The maximum Gasteiger partial charge on any atom is 0.0724 e. The van der Waals surface area contributed by atoms with E-state index >= 15 is 0 Å². The molecule has 112 valence electrons. The second-order valence-electron chi connectivity index (χ2n) is 5.52.